The number of carbonyl (C=O) groups is 1. The lowest BCUT2D eigenvalue weighted by Gasteiger charge is -2.09. The number of benzene rings is 1. The van der Waals surface area contributed by atoms with Gasteiger partial charge in [-0.15, -0.1) is 5.10 Å². The van der Waals surface area contributed by atoms with Crippen LogP contribution in [0.25, 0.3) is 0 Å². The molecule has 0 atom stereocenters. The third-order valence-corrected chi connectivity index (χ3v) is 5.07. The Morgan fingerprint density at radius 3 is 3.00 bits per heavy atom. The van der Waals surface area contributed by atoms with Gasteiger partial charge in [0.25, 0.3) is 0 Å². The summed E-state index contributed by atoms with van der Waals surface area (Å²) >= 11 is 7.26. The summed E-state index contributed by atoms with van der Waals surface area (Å²) in [5.74, 6) is 2.05. The smallest absolute Gasteiger partial charge is 0.234 e. The Bertz CT molecular complexity index is 716. The molecule has 3 rings (SSSR count). The highest BCUT2D eigenvalue weighted by atomic mass is 35.5. The lowest BCUT2D eigenvalue weighted by atomic mass is 10.1. The third-order valence-electron chi connectivity index (χ3n) is 3.99. The molecule has 0 saturated heterocycles. The summed E-state index contributed by atoms with van der Waals surface area (Å²) in [7, 11) is 1.55. The van der Waals surface area contributed by atoms with Crippen LogP contribution in [0.15, 0.2) is 23.4 Å². The quantitative estimate of drug-likeness (QED) is 0.759. The number of aromatic amines is 1. The highest BCUT2D eigenvalue weighted by molar-refractivity contribution is 7.99. The Labute approximate surface area is 149 Å². The number of nitrogens with zero attached hydrogens (tertiary/aromatic N) is 2. The predicted octanol–water partition coefficient (Wildman–Crippen LogP) is 3.86. The fourth-order valence-corrected chi connectivity index (χ4v) is 3.58. The van der Waals surface area contributed by atoms with Crippen LogP contribution < -0.4 is 10.1 Å². The second-order valence-corrected chi connectivity index (χ2v) is 7.04. The highest BCUT2D eigenvalue weighted by Gasteiger charge is 2.21. The average molecular weight is 367 g/mol. The molecule has 1 aliphatic carbocycles. The number of thioether (sulfide) groups is 1. The number of H-pyrrole nitrogens is 1. The molecule has 1 aromatic heterocycles. The SMILES string of the molecule is COc1ccc(Cl)cc1NC(=O)CSc1n[nH]c(C2CCCC2)n1. The number of methoxy groups -OCH3 is 1. The van der Waals surface area contributed by atoms with Gasteiger partial charge < -0.3 is 10.1 Å². The Morgan fingerprint density at radius 2 is 2.25 bits per heavy atom. The van der Waals surface area contributed by atoms with Crippen molar-refractivity contribution in [2.24, 2.45) is 0 Å². The first-order valence-electron chi connectivity index (χ1n) is 7.84. The summed E-state index contributed by atoms with van der Waals surface area (Å²) in [6.45, 7) is 0. The number of aromatic nitrogens is 3. The van der Waals surface area contributed by atoms with E-state index >= 15 is 0 Å². The van der Waals surface area contributed by atoms with Crippen molar-refractivity contribution in [2.75, 3.05) is 18.2 Å². The number of nitrogens with one attached hydrogen (secondary N) is 2. The molecule has 1 saturated carbocycles. The zero-order valence-electron chi connectivity index (χ0n) is 13.3. The van der Waals surface area contributed by atoms with Crippen LogP contribution in [-0.4, -0.2) is 34.0 Å². The number of rotatable bonds is 6. The topological polar surface area (TPSA) is 79.9 Å². The summed E-state index contributed by atoms with van der Waals surface area (Å²) in [4.78, 5) is 16.6. The van der Waals surface area contributed by atoms with E-state index in [4.69, 9.17) is 16.3 Å². The minimum Gasteiger partial charge on any atom is -0.495 e. The van der Waals surface area contributed by atoms with Crippen molar-refractivity contribution in [3.8, 4) is 5.75 Å². The molecule has 0 radical (unpaired) electrons. The minimum absolute atomic E-state index is 0.159. The molecule has 8 heteroatoms. The molecule has 0 unspecified atom stereocenters. The second-order valence-electron chi connectivity index (χ2n) is 5.67. The van der Waals surface area contributed by atoms with Gasteiger partial charge in [0.1, 0.15) is 11.6 Å². The van der Waals surface area contributed by atoms with E-state index in [1.54, 1.807) is 25.3 Å². The summed E-state index contributed by atoms with van der Waals surface area (Å²) < 4.78 is 5.21. The molecule has 6 nitrogen and oxygen atoms in total. The number of hydrogen-bond donors (Lipinski definition) is 2. The van der Waals surface area contributed by atoms with E-state index in [0.29, 0.717) is 27.5 Å². The van der Waals surface area contributed by atoms with Crippen LogP contribution in [0.5, 0.6) is 5.75 Å². The molecular formula is C16H19ClN4O2S. The summed E-state index contributed by atoms with van der Waals surface area (Å²) in [5, 5.41) is 11.1. The number of halogens is 1. The van der Waals surface area contributed by atoms with E-state index in [2.05, 4.69) is 20.5 Å². The van der Waals surface area contributed by atoms with Gasteiger partial charge in [-0.1, -0.05) is 36.2 Å². The van der Waals surface area contributed by atoms with Crippen LogP contribution in [-0.2, 0) is 4.79 Å². The second kappa shape index (κ2) is 7.90. The van der Waals surface area contributed by atoms with Crippen molar-refractivity contribution in [2.45, 2.75) is 36.8 Å². The van der Waals surface area contributed by atoms with Gasteiger partial charge in [-0.25, -0.2) is 4.98 Å². The first kappa shape index (κ1) is 17.1. The molecule has 1 fully saturated rings. The van der Waals surface area contributed by atoms with Gasteiger partial charge >= 0.3 is 0 Å². The fraction of sp³-hybridized carbons (Fsp3) is 0.438. The first-order chi connectivity index (χ1) is 11.7. The van der Waals surface area contributed by atoms with Gasteiger partial charge in [0.2, 0.25) is 11.1 Å². The molecule has 1 aromatic carbocycles. The van der Waals surface area contributed by atoms with E-state index in [-0.39, 0.29) is 11.7 Å². The molecule has 1 aliphatic rings. The minimum atomic E-state index is -0.159. The van der Waals surface area contributed by atoms with Gasteiger partial charge in [-0.3, -0.25) is 9.89 Å². The van der Waals surface area contributed by atoms with Crippen molar-refractivity contribution in [1.29, 1.82) is 0 Å². The van der Waals surface area contributed by atoms with Crippen molar-refractivity contribution in [1.82, 2.24) is 15.2 Å². The molecule has 1 heterocycles. The number of ether oxygens (including phenoxy) is 1. The number of amides is 1. The molecule has 0 spiro atoms. The first-order valence-corrected chi connectivity index (χ1v) is 9.20. The molecule has 2 aromatic rings. The van der Waals surface area contributed by atoms with Gasteiger partial charge in [0, 0.05) is 10.9 Å². The zero-order chi connectivity index (χ0) is 16.9. The fourth-order valence-electron chi connectivity index (χ4n) is 2.80. The lowest BCUT2D eigenvalue weighted by Crippen LogP contribution is -2.14. The molecule has 0 aliphatic heterocycles. The van der Waals surface area contributed by atoms with Crippen LogP contribution in [0.3, 0.4) is 0 Å². The summed E-state index contributed by atoms with van der Waals surface area (Å²) in [6, 6.07) is 5.09. The Balaban J connectivity index is 1.55. The molecule has 1 amide bonds. The predicted molar refractivity (Wildman–Crippen MR) is 94.9 cm³/mol. The van der Waals surface area contributed by atoms with Crippen molar-refractivity contribution >= 4 is 35.0 Å². The standard InChI is InChI=1S/C16H19ClN4O2S/c1-23-13-7-6-11(17)8-12(13)18-14(22)9-24-16-19-15(20-21-16)10-4-2-3-5-10/h6-8,10H,2-5,9H2,1H3,(H,18,22)(H,19,20,21). The Morgan fingerprint density at radius 1 is 1.46 bits per heavy atom. The maximum atomic E-state index is 12.1. The van der Waals surface area contributed by atoms with E-state index in [0.717, 1.165) is 18.7 Å². The van der Waals surface area contributed by atoms with Crippen molar-refractivity contribution in [3.63, 3.8) is 0 Å². The van der Waals surface area contributed by atoms with E-state index < -0.39 is 0 Å². The van der Waals surface area contributed by atoms with Crippen molar-refractivity contribution < 1.29 is 9.53 Å². The van der Waals surface area contributed by atoms with E-state index in [1.807, 2.05) is 0 Å². The lowest BCUT2D eigenvalue weighted by molar-refractivity contribution is -0.113. The molecule has 128 valence electrons. The van der Waals surface area contributed by atoms with Crippen LogP contribution >= 0.6 is 23.4 Å². The molecule has 2 N–H and O–H groups in total. The number of anilines is 1. The maximum absolute atomic E-state index is 12.1. The van der Waals surface area contributed by atoms with Gasteiger partial charge in [0.15, 0.2) is 0 Å². The number of carbonyl (C=O) groups excluding carboxylic acids is 1. The maximum Gasteiger partial charge on any atom is 0.234 e. The molecular weight excluding hydrogens is 348 g/mol. The average Bonchev–Trinajstić information content (AvgIpc) is 3.24. The molecule has 0 bridgehead atoms. The van der Waals surface area contributed by atoms with E-state index in [9.17, 15) is 4.79 Å². The van der Waals surface area contributed by atoms with Gasteiger partial charge in [-0.2, -0.15) is 0 Å². The zero-order valence-corrected chi connectivity index (χ0v) is 14.9. The van der Waals surface area contributed by atoms with Gasteiger partial charge in [-0.05, 0) is 31.0 Å². The Hall–Kier alpha value is -1.73. The summed E-state index contributed by atoms with van der Waals surface area (Å²) in [6.07, 6.45) is 4.82. The van der Waals surface area contributed by atoms with Crippen LogP contribution in [0, 0.1) is 0 Å². The van der Waals surface area contributed by atoms with Crippen LogP contribution in [0.4, 0.5) is 5.69 Å². The number of hydrogen-bond acceptors (Lipinski definition) is 5. The normalized spacial score (nSPS) is 14.8. The largest absolute Gasteiger partial charge is 0.495 e. The van der Waals surface area contributed by atoms with Crippen LogP contribution in [0.2, 0.25) is 5.02 Å². The Kier molecular flexibility index (Phi) is 5.63. The van der Waals surface area contributed by atoms with Crippen molar-refractivity contribution in [3.05, 3.63) is 29.0 Å². The summed E-state index contributed by atoms with van der Waals surface area (Å²) in [5.41, 5.74) is 0.553. The highest BCUT2D eigenvalue weighted by Crippen LogP contribution is 2.32. The van der Waals surface area contributed by atoms with Gasteiger partial charge in [0.05, 0.1) is 18.6 Å². The van der Waals surface area contributed by atoms with E-state index in [1.165, 1.54) is 24.6 Å². The third kappa shape index (κ3) is 4.21. The van der Waals surface area contributed by atoms with Crippen LogP contribution in [0.1, 0.15) is 37.4 Å². The monoisotopic (exact) mass is 366 g/mol. The molecule has 24 heavy (non-hydrogen) atoms.